The van der Waals surface area contributed by atoms with Crippen LogP contribution in [0, 0.1) is 6.92 Å². The Morgan fingerprint density at radius 2 is 2.29 bits per heavy atom. The van der Waals surface area contributed by atoms with Crippen LogP contribution in [0.4, 0.5) is 0 Å². The maximum Gasteiger partial charge on any atom is 0.399 e. The summed E-state index contributed by atoms with van der Waals surface area (Å²) in [5.41, 5.74) is 1.69. The molecule has 0 aliphatic carbocycles. The van der Waals surface area contributed by atoms with Crippen molar-refractivity contribution >= 4 is 54.6 Å². The van der Waals surface area contributed by atoms with E-state index >= 15 is 0 Å². The summed E-state index contributed by atoms with van der Waals surface area (Å²) in [7, 11) is 0. The van der Waals surface area contributed by atoms with E-state index in [9.17, 15) is 0 Å². The Bertz CT molecular complexity index is 941. The average molecular weight is 337 g/mol. The van der Waals surface area contributed by atoms with Gasteiger partial charge in [0.25, 0.3) is 0 Å². The molecule has 0 radical (unpaired) electrons. The van der Waals surface area contributed by atoms with Gasteiger partial charge in [0.15, 0.2) is 0 Å². The second-order valence-electron chi connectivity index (χ2n) is 4.46. The van der Waals surface area contributed by atoms with Crippen LogP contribution < -0.4 is 4.74 Å². The maximum absolute atomic E-state index is 5.80. The summed E-state index contributed by atoms with van der Waals surface area (Å²) in [5.74, 6) is 1.03. The monoisotopic (exact) mass is 336 g/mol. The van der Waals surface area contributed by atoms with Gasteiger partial charge in [0, 0.05) is 11.5 Å². The van der Waals surface area contributed by atoms with Gasteiger partial charge in [-0.05, 0) is 18.4 Å². The second-order valence-corrected chi connectivity index (χ2v) is 6.88. The van der Waals surface area contributed by atoms with E-state index in [0.717, 1.165) is 31.1 Å². The van der Waals surface area contributed by atoms with E-state index in [-0.39, 0.29) is 6.08 Å². The van der Waals surface area contributed by atoms with E-state index in [1.54, 1.807) is 22.7 Å². The highest BCUT2D eigenvalue weighted by molar-refractivity contribution is 7.21. The van der Waals surface area contributed by atoms with Crippen LogP contribution >= 0.6 is 34.3 Å². The molecule has 0 bridgehead atoms. The molecule has 0 spiro atoms. The summed E-state index contributed by atoms with van der Waals surface area (Å²) in [6.07, 6.45) is 1.71. The molecule has 0 aliphatic rings. The summed E-state index contributed by atoms with van der Waals surface area (Å²) in [6, 6.07) is 4.01. The van der Waals surface area contributed by atoms with E-state index in [4.69, 9.17) is 20.8 Å². The number of benzene rings is 1. The molecule has 0 fully saturated rings. The molecule has 7 heteroatoms. The number of hydrogen-bond acceptors (Lipinski definition) is 6. The lowest BCUT2D eigenvalue weighted by Crippen LogP contribution is -1.86. The quantitative estimate of drug-likeness (QED) is 0.474. The fraction of sp³-hybridized carbons (Fsp3) is 0.143. The zero-order valence-corrected chi connectivity index (χ0v) is 13.3. The highest BCUT2D eigenvalue weighted by Crippen LogP contribution is 2.40. The number of oxazole rings is 1. The Balaban J connectivity index is 1.87. The molecule has 0 atom stereocenters. The smallest absolute Gasteiger partial charge is 0.399 e. The summed E-state index contributed by atoms with van der Waals surface area (Å²) in [4.78, 5) is 8.77. The normalized spacial score (nSPS) is 11.5. The van der Waals surface area contributed by atoms with Gasteiger partial charge in [-0.25, -0.2) is 4.98 Å². The number of nitrogens with zero attached hydrogens (tertiary/aromatic N) is 2. The molecule has 3 aromatic heterocycles. The van der Waals surface area contributed by atoms with Crippen molar-refractivity contribution in [2.75, 3.05) is 0 Å². The van der Waals surface area contributed by atoms with Gasteiger partial charge in [-0.3, -0.25) is 0 Å². The van der Waals surface area contributed by atoms with Crippen LogP contribution in [-0.2, 0) is 5.88 Å². The van der Waals surface area contributed by atoms with Gasteiger partial charge in [0.2, 0.25) is 0 Å². The lowest BCUT2D eigenvalue weighted by atomic mass is 10.2. The number of alkyl halides is 1. The third kappa shape index (κ3) is 2.19. The van der Waals surface area contributed by atoms with Crippen LogP contribution in [-0.4, -0.2) is 9.97 Å². The summed E-state index contributed by atoms with van der Waals surface area (Å²) in [5, 5.41) is 4.09. The molecule has 1 aromatic carbocycles. The molecular weight excluding hydrogens is 328 g/mol. The first-order chi connectivity index (χ1) is 10.2. The van der Waals surface area contributed by atoms with Crippen LogP contribution in [0.25, 0.3) is 20.3 Å². The largest absolute Gasteiger partial charge is 0.417 e. The Morgan fingerprint density at radius 1 is 1.38 bits per heavy atom. The van der Waals surface area contributed by atoms with Crippen LogP contribution in [0.1, 0.15) is 10.7 Å². The van der Waals surface area contributed by atoms with Crippen molar-refractivity contribution in [1.29, 1.82) is 0 Å². The van der Waals surface area contributed by atoms with Gasteiger partial charge in [-0.15, -0.1) is 34.3 Å². The molecule has 4 rings (SSSR count). The Kier molecular flexibility index (Phi) is 3.10. The van der Waals surface area contributed by atoms with Gasteiger partial charge >= 0.3 is 6.08 Å². The third-order valence-electron chi connectivity index (χ3n) is 3.03. The van der Waals surface area contributed by atoms with Gasteiger partial charge in [0.05, 0.1) is 31.5 Å². The van der Waals surface area contributed by atoms with Crippen LogP contribution in [0.3, 0.4) is 0 Å². The number of thiophene rings is 1. The Hall–Kier alpha value is -1.63. The van der Waals surface area contributed by atoms with Crippen LogP contribution in [0.5, 0.6) is 11.8 Å². The molecule has 21 heavy (non-hydrogen) atoms. The fourth-order valence-corrected chi connectivity index (χ4v) is 4.12. The Morgan fingerprint density at radius 3 is 3.10 bits per heavy atom. The Labute approximate surface area is 133 Å². The van der Waals surface area contributed by atoms with Gasteiger partial charge < -0.3 is 9.15 Å². The van der Waals surface area contributed by atoms with E-state index < -0.39 is 0 Å². The molecule has 0 N–H and O–H groups in total. The van der Waals surface area contributed by atoms with Crippen molar-refractivity contribution in [1.82, 2.24) is 9.97 Å². The van der Waals surface area contributed by atoms with Gasteiger partial charge in [0.1, 0.15) is 12.0 Å². The highest BCUT2D eigenvalue weighted by atomic mass is 35.5. The first-order valence-electron chi connectivity index (χ1n) is 6.20. The zero-order valence-electron chi connectivity index (χ0n) is 10.9. The van der Waals surface area contributed by atoms with Crippen molar-refractivity contribution < 1.29 is 9.15 Å². The average Bonchev–Trinajstić information content (AvgIpc) is 3.16. The van der Waals surface area contributed by atoms with E-state index in [1.807, 2.05) is 24.4 Å². The lowest BCUT2D eigenvalue weighted by molar-refractivity contribution is 0.334. The number of ether oxygens (including phenoxy) is 1. The zero-order chi connectivity index (χ0) is 14.4. The third-order valence-corrected chi connectivity index (χ3v) is 5.15. The number of fused-ring (bicyclic) bond motifs is 3. The van der Waals surface area contributed by atoms with Crippen LogP contribution in [0.2, 0.25) is 0 Å². The molecule has 0 amide bonds. The lowest BCUT2D eigenvalue weighted by Gasteiger charge is -2.03. The summed E-state index contributed by atoms with van der Waals surface area (Å²) >= 11 is 9.02. The first-order valence-corrected chi connectivity index (χ1v) is 8.43. The molecule has 0 saturated heterocycles. The minimum atomic E-state index is 0.207. The molecule has 0 aliphatic heterocycles. The van der Waals surface area contributed by atoms with Crippen molar-refractivity contribution in [3.8, 4) is 11.8 Å². The van der Waals surface area contributed by atoms with Crippen molar-refractivity contribution in [2.24, 2.45) is 0 Å². The topological polar surface area (TPSA) is 48.2 Å². The van der Waals surface area contributed by atoms with Crippen molar-refractivity contribution in [3.63, 3.8) is 0 Å². The van der Waals surface area contributed by atoms with E-state index in [0.29, 0.717) is 11.6 Å². The predicted molar refractivity (Wildman–Crippen MR) is 85.9 cm³/mol. The first kappa shape index (κ1) is 13.1. The van der Waals surface area contributed by atoms with E-state index in [1.165, 1.54) is 6.26 Å². The number of aryl methyl sites for hydroxylation is 1. The molecule has 0 unspecified atom stereocenters. The van der Waals surface area contributed by atoms with E-state index in [2.05, 4.69) is 9.97 Å². The molecule has 4 aromatic rings. The molecule has 3 heterocycles. The summed E-state index contributed by atoms with van der Waals surface area (Å²) < 4.78 is 13.3. The standard InChI is InChI=1S/C14H9ClN2O2S2/c1-7-16-12-11(21-7)4-10(9-2-3-20-13(9)12)19-14-17-8(5-15)6-18-14/h2-4,6H,5H2,1H3. The SMILES string of the molecule is Cc1nc2c(cc(Oc3nc(CCl)co3)c3ccsc32)s1. The molecule has 4 nitrogen and oxygen atoms in total. The van der Waals surface area contributed by atoms with Crippen molar-refractivity contribution in [2.45, 2.75) is 12.8 Å². The van der Waals surface area contributed by atoms with Gasteiger partial charge in [-0.2, -0.15) is 4.98 Å². The second kappa shape index (κ2) is 4.98. The minimum Gasteiger partial charge on any atom is -0.417 e. The molecular formula is C14H9ClN2O2S2. The number of halogens is 1. The van der Waals surface area contributed by atoms with Crippen molar-refractivity contribution in [3.05, 3.63) is 34.5 Å². The van der Waals surface area contributed by atoms with Crippen LogP contribution in [0.15, 0.2) is 28.2 Å². The summed E-state index contributed by atoms with van der Waals surface area (Å²) in [6.45, 7) is 2.01. The highest BCUT2D eigenvalue weighted by Gasteiger charge is 2.15. The predicted octanol–water partition coefficient (Wildman–Crippen LogP) is 5.34. The van der Waals surface area contributed by atoms with Gasteiger partial charge in [-0.1, -0.05) is 0 Å². The minimum absolute atomic E-state index is 0.207. The number of rotatable bonds is 3. The molecule has 106 valence electrons. The number of thiazole rings is 1. The fourth-order valence-electron chi connectivity index (χ4n) is 2.16. The molecule has 0 saturated carbocycles. The number of hydrogen-bond donors (Lipinski definition) is 0. The number of aromatic nitrogens is 2. The maximum atomic E-state index is 5.80.